The zero-order chi connectivity index (χ0) is 13.8. The molecule has 0 saturated carbocycles. The lowest BCUT2D eigenvalue weighted by molar-refractivity contribution is 0.389. The highest BCUT2D eigenvalue weighted by Crippen LogP contribution is 2.28. The minimum Gasteiger partial charge on any atom is -0.373 e. The van der Waals surface area contributed by atoms with Gasteiger partial charge in [-0.3, -0.25) is 0 Å². The fourth-order valence-corrected chi connectivity index (χ4v) is 1.84. The molecular weight excluding hydrogens is 224 g/mol. The van der Waals surface area contributed by atoms with Gasteiger partial charge in [0.1, 0.15) is 18.0 Å². The standard InChI is InChI=1S/C14H26N4/c1-10(2)11-12(15-6)17-9-18-13(11)16-8-7-14(3,4)5/h9-10H,7-8H2,1-6H3,(H2,15,16,17,18). The summed E-state index contributed by atoms with van der Waals surface area (Å²) in [4.78, 5) is 8.64. The van der Waals surface area contributed by atoms with Crippen LogP contribution >= 0.6 is 0 Å². The van der Waals surface area contributed by atoms with Gasteiger partial charge in [0.25, 0.3) is 0 Å². The Labute approximate surface area is 111 Å². The fraction of sp³-hybridized carbons (Fsp3) is 0.714. The van der Waals surface area contributed by atoms with Gasteiger partial charge in [0.15, 0.2) is 0 Å². The molecule has 0 aromatic carbocycles. The number of anilines is 2. The van der Waals surface area contributed by atoms with Gasteiger partial charge in [-0.25, -0.2) is 9.97 Å². The van der Waals surface area contributed by atoms with Gasteiger partial charge < -0.3 is 10.6 Å². The average Bonchev–Trinajstić information content (AvgIpc) is 2.26. The third kappa shape index (κ3) is 4.17. The molecule has 0 aliphatic rings. The second-order valence-electron chi connectivity index (χ2n) is 6.13. The van der Waals surface area contributed by atoms with Gasteiger partial charge in [-0.1, -0.05) is 34.6 Å². The van der Waals surface area contributed by atoms with Crippen LogP contribution in [0.4, 0.5) is 11.6 Å². The van der Waals surface area contributed by atoms with Crippen LogP contribution in [-0.2, 0) is 0 Å². The molecule has 102 valence electrons. The molecule has 0 aliphatic heterocycles. The molecule has 1 aromatic rings. The molecule has 0 unspecified atom stereocenters. The van der Waals surface area contributed by atoms with Gasteiger partial charge in [-0.2, -0.15) is 0 Å². The molecule has 18 heavy (non-hydrogen) atoms. The zero-order valence-corrected chi connectivity index (χ0v) is 12.5. The van der Waals surface area contributed by atoms with E-state index in [2.05, 4.69) is 55.2 Å². The van der Waals surface area contributed by atoms with Gasteiger partial charge in [0.05, 0.1) is 0 Å². The van der Waals surface area contributed by atoms with E-state index in [1.54, 1.807) is 6.33 Å². The molecule has 4 nitrogen and oxygen atoms in total. The monoisotopic (exact) mass is 250 g/mol. The molecule has 0 saturated heterocycles. The largest absolute Gasteiger partial charge is 0.373 e. The van der Waals surface area contributed by atoms with E-state index in [1.807, 2.05) is 7.05 Å². The third-order valence-electron chi connectivity index (χ3n) is 2.87. The van der Waals surface area contributed by atoms with Crippen molar-refractivity contribution < 1.29 is 0 Å². The summed E-state index contributed by atoms with van der Waals surface area (Å²) >= 11 is 0. The van der Waals surface area contributed by atoms with Gasteiger partial charge in [0, 0.05) is 19.2 Å². The van der Waals surface area contributed by atoms with E-state index < -0.39 is 0 Å². The van der Waals surface area contributed by atoms with E-state index >= 15 is 0 Å². The zero-order valence-electron chi connectivity index (χ0n) is 12.5. The Morgan fingerprint density at radius 1 is 1.17 bits per heavy atom. The molecule has 0 fully saturated rings. The van der Waals surface area contributed by atoms with Crippen LogP contribution in [0.25, 0.3) is 0 Å². The minimum absolute atomic E-state index is 0.337. The number of nitrogens with zero attached hydrogens (tertiary/aromatic N) is 2. The maximum absolute atomic E-state index is 4.37. The van der Waals surface area contributed by atoms with Crippen molar-refractivity contribution in [2.24, 2.45) is 5.41 Å². The van der Waals surface area contributed by atoms with Crippen molar-refractivity contribution in [1.29, 1.82) is 0 Å². The summed E-state index contributed by atoms with van der Waals surface area (Å²) in [5.74, 6) is 2.26. The van der Waals surface area contributed by atoms with Crippen LogP contribution in [0.15, 0.2) is 6.33 Å². The predicted molar refractivity (Wildman–Crippen MR) is 78.2 cm³/mol. The first-order valence-electron chi connectivity index (χ1n) is 6.61. The molecular formula is C14H26N4. The smallest absolute Gasteiger partial charge is 0.134 e. The van der Waals surface area contributed by atoms with E-state index in [-0.39, 0.29) is 0 Å². The van der Waals surface area contributed by atoms with Gasteiger partial charge in [0.2, 0.25) is 0 Å². The molecule has 2 N–H and O–H groups in total. The molecule has 0 aliphatic carbocycles. The first-order valence-corrected chi connectivity index (χ1v) is 6.61. The van der Waals surface area contributed by atoms with Crippen molar-refractivity contribution in [3.63, 3.8) is 0 Å². The first kappa shape index (κ1) is 14.7. The Kier molecular flexibility index (Phi) is 4.93. The molecule has 0 amide bonds. The Hall–Kier alpha value is -1.32. The summed E-state index contributed by atoms with van der Waals surface area (Å²) in [6, 6.07) is 0. The van der Waals surface area contributed by atoms with Crippen molar-refractivity contribution in [2.45, 2.75) is 47.0 Å². The first-order chi connectivity index (χ1) is 8.35. The average molecular weight is 250 g/mol. The van der Waals surface area contributed by atoms with E-state index in [0.29, 0.717) is 11.3 Å². The van der Waals surface area contributed by atoms with Crippen LogP contribution in [0, 0.1) is 5.41 Å². The Morgan fingerprint density at radius 3 is 2.28 bits per heavy atom. The summed E-state index contributed by atoms with van der Waals surface area (Å²) in [5, 5.41) is 6.57. The van der Waals surface area contributed by atoms with Crippen LogP contribution in [-0.4, -0.2) is 23.6 Å². The third-order valence-corrected chi connectivity index (χ3v) is 2.87. The second-order valence-corrected chi connectivity index (χ2v) is 6.13. The van der Waals surface area contributed by atoms with E-state index in [1.165, 1.54) is 0 Å². The molecule has 0 spiro atoms. The van der Waals surface area contributed by atoms with Crippen molar-refractivity contribution >= 4 is 11.6 Å². The van der Waals surface area contributed by atoms with Crippen LogP contribution < -0.4 is 10.6 Å². The van der Waals surface area contributed by atoms with Crippen molar-refractivity contribution in [3.05, 3.63) is 11.9 Å². The number of nitrogens with one attached hydrogen (secondary N) is 2. The van der Waals surface area contributed by atoms with Crippen LogP contribution in [0.5, 0.6) is 0 Å². The van der Waals surface area contributed by atoms with Crippen LogP contribution in [0.1, 0.15) is 52.5 Å². The highest BCUT2D eigenvalue weighted by atomic mass is 15.1. The molecule has 0 radical (unpaired) electrons. The number of hydrogen-bond acceptors (Lipinski definition) is 4. The number of aromatic nitrogens is 2. The summed E-state index contributed by atoms with van der Waals surface area (Å²) in [7, 11) is 1.90. The molecule has 1 heterocycles. The van der Waals surface area contributed by atoms with Gasteiger partial charge in [-0.05, 0) is 17.8 Å². The molecule has 1 aromatic heterocycles. The molecule has 0 bridgehead atoms. The lowest BCUT2D eigenvalue weighted by Gasteiger charge is -2.20. The van der Waals surface area contributed by atoms with Gasteiger partial charge in [-0.15, -0.1) is 0 Å². The van der Waals surface area contributed by atoms with Crippen LogP contribution in [0.2, 0.25) is 0 Å². The quantitative estimate of drug-likeness (QED) is 0.840. The second kappa shape index (κ2) is 6.03. The summed E-state index contributed by atoms with van der Waals surface area (Å²) < 4.78 is 0. The van der Waals surface area contributed by atoms with Gasteiger partial charge >= 0.3 is 0 Å². The number of rotatable bonds is 5. The Bertz CT molecular complexity index is 380. The lowest BCUT2D eigenvalue weighted by atomic mass is 9.92. The Morgan fingerprint density at radius 2 is 1.78 bits per heavy atom. The highest BCUT2D eigenvalue weighted by Gasteiger charge is 2.15. The van der Waals surface area contributed by atoms with Crippen molar-refractivity contribution in [1.82, 2.24) is 9.97 Å². The molecule has 1 rings (SSSR count). The summed E-state index contributed by atoms with van der Waals surface area (Å²) in [5.41, 5.74) is 1.50. The van der Waals surface area contributed by atoms with Crippen LogP contribution in [0.3, 0.4) is 0 Å². The molecule has 0 atom stereocenters. The Balaban J connectivity index is 2.82. The predicted octanol–water partition coefficient (Wildman–Crippen LogP) is 3.49. The van der Waals surface area contributed by atoms with Crippen molar-refractivity contribution in [2.75, 3.05) is 24.2 Å². The van der Waals surface area contributed by atoms with Crippen molar-refractivity contribution in [3.8, 4) is 0 Å². The summed E-state index contributed by atoms with van der Waals surface area (Å²) in [6.45, 7) is 12.0. The van der Waals surface area contributed by atoms with E-state index in [0.717, 1.165) is 30.2 Å². The fourth-order valence-electron chi connectivity index (χ4n) is 1.84. The highest BCUT2D eigenvalue weighted by molar-refractivity contribution is 5.58. The minimum atomic E-state index is 0.337. The lowest BCUT2D eigenvalue weighted by Crippen LogP contribution is -2.15. The maximum Gasteiger partial charge on any atom is 0.134 e. The normalized spacial score (nSPS) is 11.7. The van der Waals surface area contributed by atoms with E-state index in [4.69, 9.17) is 0 Å². The maximum atomic E-state index is 4.37. The number of hydrogen-bond donors (Lipinski definition) is 2. The van der Waals surface area contributed by atoms with E-state index in [9.17, 15) is 0 Å². The summed E-state index contributed by atoms with van der Waals surface area (Å²) in [6.07, 6.45) is 2.72. The topological polar surface area (TPSA) is 49.8 Å². The SMILES string of the molecule is CNc1ncnc(NCCC(C)(C)C)c1C(C)C. The molecule has 4 heteroatoms.